The lowest BCUT2D eigenvalue weighted by Crippen LogP contribution is -2.38. The molecule has 1 saturated heterocycles. The Kier molecular flexibility index (Phi) is 5.66. The highest BCUT2D eigenvalue weighted by Crippen LogP contribution is 2.30. The minimum atomic E-state index is -1.15. The summed E-state index contributed by atoms with van der Waals surface area (Å²) in [6.07, 6.45) is -2.51. The fourth-order valence-corrected chi connectivity index (χ4v) is 2.31. The summed E-state index contributed by atoms with van der Waals surface area (Å²) in [6.45, 7) is -0.416. The highest BCUT2D eigenvalue weighted by Gasteiger charge is 2.45. The number of amides is 1. The number of anilines is 1. The van der Waals surface area contributed by atoms with Crippen LogP contribution in [0, 0.1) is 0 Å². The van der Waals surface area contributed by atoms with Gasteiger partial charge in [0.25, 0.3) is 0 Å². The van der Waals surface area contributed by atoms with Gasteiger partial charge in [-0.25, -0.2) is 4.79 Å². The Morgan fingerprint density at radius 1 is 1.61 bits per heavy atom. The fourth-order valence-electron chi connectivity index (χ4n) is 2.31. The van der Waals surface area contributed by atoms with Gasteiger partial charge >= 0.3 is 5.69 Å². The molecule has 2 unspecified atom stereocenters. The van der Waals surface area contributed by atoms with Gasteiger partial charge in [0, 0.05) is 19.7 Å². The van der Waals surface area contributed by atoms with Crippen LogP contribution in [0.15, 0.2) is 17.1 Å². The summed E-state index contributed by atoms with van der Waals surface area (Å²) in [5, 5.41) is 21.9. The molecule has 0 spiro atoms. The first-order valence-electron chi connectivity index (χ1n) is 7.09. The average molecular weight is 328 g/mol. The van der Waals surface area contributed by atoms with Crippen LogP contribution in [0.2, 0.25) is 0 Å². The molecule has 1 fully saturated rings. The minimum Gasteiger partial charge on any atom is -0.394 e. The lowest BCUT2D eigenvalue weighted by molar-refractivity contribution is -0.124. The first-order chi connectivity index (χ1) is 11.0. The summed E-state index contributed by atoms with van der Waals surface area (Å²) in [5.41, 5.74) is 4.77. The van der Waals surface area contributed by atoms with E-state index in [1.807, 2.05) is 0 Å². The number of hydrogen-bond acceptors (Lipinski definition) is 8. The molecule has 1 amide bonds. The first-order valence-corrected chi connectivity index (χ1v) is 7.09. The van der Waals surface area contributed by atoms with Gasteiger partial charge in [0.15, 0.2) is 6.23 Å². The number of carbonyl (C=O) groups is 1. The molecule has 0 bridgehead atoms. The Morgan fingerprint density at radius 3 is 2.96 bits per heavy atom. The second kappa shape index (κ2) is 7.51. The summed E-state index contributed by atoms with van der Waals surface area (Å²) in [5.74, 6) is -0.166. The first kappa shape index (κ1) is 17.3. The summed E-state index contributed by atoms with van der Waals surface area (Å²) < 4.78 is 12.1. The van der Waals surface area contributed by atoms with Crippen molar-refractivity contribution in [2.24, 2.45) is 0 Å². The fraction of sp³-hybridized carbons (Fsp3) is 0.615. The number of nitrogens with two attached hydrogens (primary N) is 1. The molecule has 0 aliphatic carbocycles. The van der Waals surface area contributed by atoms with E-state index in [1.54, 1.807) is 0 Å². The molecule has 128 valence electrons. The van der Waals surface area contributed by atoms with Gasteiger partial charge in [-0.15, -0.1) is 0 Å². The van der Waals surface area contributed by atoms with Crippen molar-refractivity contribution in [1.29, 1.82) is 0 Å². The molecule has 1 aromatic rings. The molecule has 1 aliphatic heterocycles. The molecule has 0 saturated carbocycles. The summed E-state index contributed by atoms with van der Waals surface area (Å²) in [7, 11) is 1.50. The van der Waals surface area contributed by atoms with E-state index in [0.717, 1.165) is 4.57 Å². The van der Waals surface area contributed by atoms with Crippen LogP contribution in [0.4, 0.5) is 5.82 Å². The van der Waals surface area contributed by atoms with Crippen molar-refractivity contribution in [3.63, 3.8) is 0 Å². The number of carbonyl (C=O) groups excluding carboxylic acids is 1. The predicted molar refractivity (Wildman–Crippen MR) is 78.3 cm³/mol. The van der Waals surface area contributed by atoms with Gasteiger partial charge in [0.2, 0.25) is 5.91 Å². The Bertz CT molecular complexity index is 606. The molecule has 10 heteroatoms. The average Bonchev–Trinajstić information content (AvgIpc) is 2.83. The molecule has 23 heavy (non-hydrogen) atoms. The Morgan fingerprint density at radius 2 is 2.35 bits per heavy atom. The molecule has 5 N–H and O–H groups in total. The third-order valence-corrected chi connectivity index (χ3v) is 3.54. The number of rotatable bonds is 6. The minimum absolute atomic E-state index is 0.0244. The van der Waals surface area contributed by atoms with Crippen LogP contribution in [0.1, 0.15) is 12.6 Å². The van der Waals surface area contributed by atoms with E-state index < -0.39 is 36.8 Å². The molecular formula is C13H20N4O6. The van der Waals surface area contributed by atoms with E-state index >= 15 is 0 Å². The second-order valence-corrected chi connectivity index (χ2v) is 5.04. The van der Waals surface area contributed by atoms with Crippen LogP contribution >= 0.6 is 0 Å². The molecule has 1 aromatic heterocycles. The van der Waals surface area contributed by atoms with Crippen LogP contribution in [-0.2, 0) is 14.3 Å². The second-order valence-electron chi connectivity index (χ2n) is 5.04. The predicted octanol–water partition coefficient (Wildman–Crippen LogP) is -2.40. The Labute approximate surface area is 131 Å². The number of aliphatic hydroxyl groups is 2. The van der Waals surface area contributed by atoms with Crippen molar-refractivity contribution in [2.75, 3.05) is 26.0 Å². The van der Waals surface area contributed by atoms with E-state index in [2.05, 4.69) is 10.3 Å². The monoisotopic (exact) mass is 328 g/mol. The molecule has 0 aromatic carbocycles. The number of ether oxygens (including phenoxy) is 2. The lowest BCUT2D eigenvalue weighted by Gasteiger charge is -2.22. The van der Waals surface area contributed by atoms with Crippen molar-refractivity contribution in [1.82, 2.24) is 14.9 Å². The lowest BCUT2D eigenvalue weighted by atomic mass is 10.1. The highest BCUT2D eigenvalue weighted by molar-refractivity contribution is 5.75. The van der Waals surface area contributed by atoms with Gasteiger partial charge in [-0.1, -0.05) is 0 Å². The summed E-state index contributed by atoms with van der Waals surface area (Å²) in [4.78, 5) is 26.7. The smallest absolute Gasteiger partial charge is 0.351 e. The molecule has 2 heterocycles. The molecule has 10 nitrogen and oxygen atoms in total. The highest BCUT2D eigenvalue weighted by atomic mass is 16.6. The quantitative estimate of drug-likeness (QED) is 0.451. The third-order valence-electron chi connectivity index (χ3n) is 3.54. The maximum atomic E-state index is 11.9. The maximum Gasteiger partial charge on any atom is 0.351 e. The van der Waals surface area contributed by atoms with Gasteiger partial charge in [0.1, 0.15) is 24.1 Å². The summed E-state index contributed by atoms with van der Waals surface area (Å²) >= 11 is 0. The standard InChI is InChI=1S/C13H20N4O6/c1-15-9(19)3-5-22-11-10(20)7(6-18)23-12(11)17-4-2-8(14)16-13(17)21/h2,4,7,10-12,18,20H,3,5-6H2,1H3,(H,15,19)(H2,14,16,21)/t7-,10?,11?,12-/m1/s1. The Hall–Kier alpha value is -2.01. The third kappa shape index (κ3) is 3.85. The van der Waals surface area contributed by atoms with Crippen molar-refractivity contribution < 1.29 is 24.5 Å². The van der Waals surface area contributed by atoms with Crippen molar-refractivity contribution in [2.45, 2.75) is 31.0 Å². The zero-order valence-electron chi connectivity index (χ0n) is 12.6. The molecule has 4 atom stereocenters. The van der Waals surface area contributed by atoms with E-state index in [0.29, 0.717) is 0 Å². The number of aliphatic hydroxyl groups excluding tert-OH is 2. The normalized spacial score (nSPS) is 27.1. The van der Waals surface area contributed by atoms with Crippen LogP contribution in [0.3, 0.4) is 0 Å². The SMILES string of the molecule is CNC(=O)CCOC1C(O)[C@@H](CO)O[C@H]1n1ccc(N)nc1=O. The van der Waals surface area contributed by atoms with Crippen LogP contribution < -0.4 is 16.7 Å². The number of nitrogens with one attached hydrogen (secondary N) is 1. The zero-order valence-corrected chi connectivity index (χ0v) is 12.6. The van der Waals surface area contributed by atoms with E-state index in [1.165, 1.54) is 19.3 Å². The Balaban J connectivity index is 2.17. The zero-order chi connectivity index (χ0) is 17.0. The molecule has 0 radical (unpaired) electrons. The van der Waals surface area contributed by atoms with Crippen molar-refractivity contribution in [3.8, 4) is 0 Å². The maximum absolute atomic E-state index is 11.9. The van der Waals surface area contributed by atoms with Gasteiger partial charge in [-0.3, -0.25) is 9.36 Å². The van der Waals surface area contributed by atoms with Crippen LogP contribution in [0.5, 0.6) is 0 Å². The number of aromatic nitrogens is 2. The topological polar surface area (TPSA) is 149 Å². The van der Waals surface area contributed by atoms with E-state index in [-0.39, 0.29) is 24.8 Å². The number of nitrogen functional groups attached to an aromatic ring is 1. The number of hydrogen-bond donors (Lipinski definition) is 4. The van der Waals surface area contributed by atoms with E-state index in [9.17, 15) is 19.8 Å². The largest absolute Gasteiger partial charge is 0.394 e. The molecular weight excluding hydrogens is 308 g/mol. The van der Waals surface area contributed by atoms with Crippen LogP contribution in [-0.4, -0.2) is 64.2 Å². The van der Waals surface area contributed by atoms with Crippen LogP contribution in [0.25, 0.3) is 0 Å². The van der Waals surface area contributed by atoms with Crippen molar-refractivity contribution >= 4 is 11.7 Å². The van der Waals surface area contributed by atoms with Gasteiger partial charge in [0.05, 0.1) is 13.2 Å². The van der Waals surface area contributed by atoms with Gasteiger partial charge < -0.3 is 30.7 Å². The van der Waals surface area contributed by atoms with Gasteiger partial charge in [-0.2, -0.15) is 4.98 Å². The van der Waals surface area contributed by atoms with E-state index in [4.69, 9.17) is 15.2 Å². The molecule has 1 aliphatic rings. The summed E-state index contributed by atoms with van der Waals surface area (Å²) in [6, 6.07) is 1.41. The van der Waals surface area contributed by atoms with Crippen molar-refractivity contribution in [3.05, 3.63) is 22.7 Å². The number of nitrogens with zero attached hydrogens (tertiary/aromatic N) is 2. The molecule has 2 rings (SSSR count). The van der Waals surface area contributed by atoms with Gasteiger partial charge in [-0.05, 0) is 6.07 Å².